The summed E-state index contributed by atoms with van der Waals surface area (Å²) in [5.41, 5.74) is 0.909. The molecule has 0 atom stereocenters. The number of fused-ring (bicyclic) bond motifs is 2. The second kappa shape index (κ2) is 9.87. The van der Waals surface area contributed by atoms with Crippen LogP contribution in [0.5, 0.6) is 0 Å². The maximum atomic E-state index is 13.2. The molecule has 2 aliphatic rings. The van der Waals surface area contributed by atoms with Crippen LogP contribution in [0.2, 0.25) is 0 Å². The number of Topliss-reactive ketones (excluding diaryl/α,β-unsaturated/α-hetero) is 1. The number of carbonyl (C=O) groups excluding carboxylic acids is 2. The zero-order valence-electron chi connectivity index (χ0n) is 18.4. The Balaban J connectivity index is 2.32. The van der Waals surface area contributed by atoms with Crippen LogP contribution in [0, 0.1) is 10.8 Å². The topological polar surface area (TPSA) is 46.2 Å². The van der Waals surface area contributed by atoms with Gasteiger partial charge in [0, 0.05) is 17.3 Å². The highest BCUT2D eigenvalue weighted by Gasteiger charge is 2.43. The molecule has 0 aromatic rings. The Morgan fingerprint density at radius 3 is 2.34 bits per heavy atom. The van der Waals surface area contributed by atoms with E-state index in [-0.39, 0.29) is 17.0 Å². The fourth-order valence-corrected chi connectivity index (χ4v) is 3.65. The van der Waals surface area contributed by atoms with Crippen molar-refractivity contribution in [3.8, 4) is 0 Å². The van der Waals surface area contributed by atoms with E-state index in [1.165, 1.54) is 12.2 Å². The van der Waals surface area contributed by atoms with Crippen LogP contribution in [0.25, 0.3) is 0 Å². The van der Waals surface area contributed by atoms with E-state index in [4.69, 9.17) is 0 Å². The summed E-state index contributed by atoms with van der Waals surface area (Å²) in [4.78, 5) is 25.6. The van der Waals surface area contributed by atoms with Crippen LogP contribution < -0.4 is 5.32 Å². The third-order valence-electron chi connectivity index (χ3n) is 6.36. The fourth-order valence-electron chi connectivity index (χ4n) is 3.65. The van der Waals surface area contributed by atoms with Crippen molar-refractivity contribution in [3.05, 3.63) is 72.2 Å². The summed E-state index contributed by atoms with van der Waals surface area (Å²) in [7, 11) is 0. The second-order valence-electron chi connectivity index (χ2n) is 9.09. The zero-order chi connectivity index (χ0) is 21.5. The van der Waals surface area contributed by atoms with Crippen molar-refractivity contribution in [2.75, 3.05) is 0 Å². The van der Waals surface area contributed by atoms with E-state index in [0.29, 0.717) is 17.0 Å². The van der Waals surface area contributed by atoms with Crippen molar-refractivity contribution in [2.24, 2.45) is 10.8 Å². The van der Waals surface area contributed by atoms with E-state index in [0.717, 1.165) is 38.5 Å². The maximum absolute atomic E-state index is 13.2. The maximum Gasteiger partial charge on any atom is 0.206 e. The van der Waals surface area contributed by atoms with E-state index >= 15 is 0 Å². The van der Waals surface area contributed by atoms with Crippen LogP contribution in [0.3, 0.4) is 0 Å². The molecule has 1 N–H and O–H groups in total. The molecule has 0 aromatic heterocycles. The molecule has 0 aromatic carbocycles. The van der Waals surface area contributed by atoms with E-state index in [1.807, 2.05) is 18.2 Å². The molecular formula is C26H35NO2. The second-order valence-corrected chi connectivity index (χ2v) is 9.09. The van der Waals surface area contributed by atoms with Gasteiger partial charge in [-0.15, -0.1) is 0 Å². The van der Waals surface area contributed by atoms with Gasteiger partial charge in [-0.25, -0.2) is 0 Å². The van der Waals surface area contributed by atoms with Crippen LogP contribution >= 0.6 is 0 Å². The molecule has 2 bridgehead atoms. The van der Waals surface area contributed by atoms with Gasteiger partial charge in [0.1, 0.15) is 0 Å². The largest absolute Gasteiger partial charge is 0.353 e. The molecule has 0 fully saturated rings. The van der Waals surface area contributed by atoms with Crippen LogP contribution in [0.1, 0.15) is 66.2 Å². The number of rotatable bonds is 0. The number of carbonyl (C=O) groups is 2. The number of nitrogens with one attached hydrogen (secondary N) is 1. The van der Waals surface area contributed by atoms with Gasteiger partial charge in [0.15, 0.2) is 5.78 Å². The average Bonchev–Trinajstić information content (AvgIpc) is 2.64. The predicted octanol–water partition coefficient (Wildman–Crippen LogP) is 6.13. The first-order valence-electron chi connectivity index (χ1n) is 10.6. The molecule has 0 radical (unpaired) electrons. The lowest BCUT2D eigenvalue weighted by molar-refractivity contribution is -0.117. The van der Waals surface area contributed by atoms with Gasteiger partial charge in [-0.3, -0.25) is 9.59 Å². The summed E-state index contributed by atoms with van der Waals surface area (Å²) in [6.07, 6.45) is 21.6. The first kappa shape index (κ1) is 22.9. The zero-order valence-corrected chi connectivity index (χ0v) is 18.4. The first-order chi connectivity index (χ1) is 13.6. The van der Waals surface area contributed by atoms with Crippen molar-refractivity contribution < 1.29 is 9.59 Å². The molecule has 3 heteroatoms. The van der Waals surface area contributed by atoms with Crippen molar-refractivity contribution in [1.82, 2.24) is 5.32 Å². The molecule has 3 nitrogen and oxygen atoms in total. The van der Waals surface area contributed by atoms with Crippen LogP contribution in [0.15, 0.2) is 72.2 Å². The standard InChI is InChI=1S/C26H35NO2/c1-20-16-14-12-10-8-6-7-9-11-13-15-17-25(2,3)26(4,5)22-18-21(28)19-23(27-20)24(22)29/h7,9-10,12,14,16,18-19,27H,1,6,8,11,13,15,17H2,2-5H3/b9-7+,12-10+,16-14+. The van der Waals surface area contributed by atoms with Gasteiger partial charge < -0.3 is 5.32 Å². The quantitative estimate of drug-likeness (QED) is 0.398. The molecular weight excluding hydrogens is 358 g/mol. The molecule has 1 aliphatic carbocycles. The highest BCUT2D eigenvalue weighted by molar-refractivity contribution is 6.20. The lowest BCUT2D eigenvalue weighted by Crippen LogP contribution is -2.40. The number of hydrogen-bond donors (Lipinski definition) is 1. The van der Waals surface area contributed by atoms with E-state index in [1.54, 1.807) is 0 Å². The Morgan fingerprint density at radius 1 is 0.897 bits per heavy atom. The monoisotopic (exact) mass is 393 g/mol. The molecule has 2 rings (SSSR count). The SMILES string of the molecule is C=C1/C=C/C=C/CC/C=C/CCCCC(C)(C)C(C)(C)C2=CC(=O)C=C(N1)C2=O. The van der Waals surface area contributed by atoms with Crippen LogP contribution in [-0.4, -0.2) is 11.6 Å². The summed E-state index contributed by atoms with van der Waals surface area (Å²) >= 11 is 0. The molecule has 29 heavy (non-hydrogen) atoms. The molecule has 156 valence electrons. The minimum Gasteiger partial charge on any atom is -0.353 e. The van der Waals surface area contributed by atoms with Crippen molar-refractivity contribution >= 4 is 11.6 Å². The van der Waals surface area contributed by atoms with Gasteiger partial charge in [0.2, 0.25) is 5.78 Å². The Morgan fingerprint density at radius 2 is 1.59 bits per heavy atom. The lowest BCUT2D eigenvalue weighted by atomic mass is 9.60. The molecule has 1 heterocycles. The fraction of sp³-hybridized carbons (Fsp3) is 0.462. The summed E-state index contributed by atoms with van der Waals surface area (Å²) in [5.74, 6) is -0.271. The van der Waals surface area contributed by atoms with Crippen LogP contribution in [0.4, 0.5) is 0 Å². The summed E-state index contributed by atoms with van der Waals surface area (Å²) in [6.45, 7) is 12.5. The smallest absolute Gasteiger partial charge is 0.206 e. The Hall–Kier alpha value is -2.42. The molecule has 0 unspecified atom stereocenters. The Kier molecular flexibility index (Phi) is 7.78. The van der Waals surface area contributed by atoms with E-state index in [2.05, 4.69) is 57.8 Å². The molecule has 0 spiro atoms. The molecule has 1 aliphatic heterocycles. The van der Waals surface area contributed by atoms with Gasteiger partial charge in [-0.05, 0) is 55.1 Å². The van der Waals surface area contributed by atoms with Crippen molar-refractivity contribution in [1.29, 1.82) is 0 Å². The third kappa shape index (κ3) is 6.03. The minimum absolute atomic E-state index is 0.117. The lowest BCUT2D eigenvalue weighted by Gasteiger charge is -2.44. The van der Waals surface area contributed by atoms with Crippen molar-refractivity contribution in [3.63, 3.8) is 0 Å². The molecule has 0 saturated carbocycles. The van der Waals surface area contributed by atoms with Gasteiger partial charge >= 0.3 is 0 Å². The summed E-state index contributed by atoms with van der Waals surface area (Å²) in [6, 6.07) is 0. The molecule has 0 saturated heterocycles. The first-order valence-corrected chi connectivity index (χ1v) is 10.6. The minimum atomic E-state index is -0.431. The highest BCUT2D eigenvalue weighted by Crippen LogP contribution is 2.48. The van der Waals surface area contributed by atoms with Crippen molar-refractivity contribution in [2.45, 2.75) is 66.2 Å². The van der Waals surface area contributed by atoms with Crippen LogP contribution in [-0.2, 0) is 9.59 Å². The summed E-state index contributed by atoms with van der Waals surface area (Å²) < 4.78 is 0. The van der Waals surface area contributed by atoms with Gasteiger partial charge in [0.05, 0.1) is 5.70 Å². The summed E-state index contributed by atoms with van der Waals surface area (Å²) in [5, 5.41) is 3.03. The number of allylic oxidation sites excluding steroid dienone is 9. The normalized spacial score (nSPS) is 26.7. The predicted molar refractivity (Wildman–Crippen MR) is 121 cm³/mol. The molecule has 0 amide bonds. The highest BCUT2D eigenvalue weighted by atomic mass is 16.1. The van der Waals surface area contributed by atoms with Gasteiger partial charge in [0.25, 0.3) is 0 Å². The average molecular weight is 394 g/mol. The van der Waals surface area contributed by atoms with E-state index < -0.39 is 5.41 Å². The third-order valence-corrected chi connectivity index (χ3v) is 6.36. The number of hydrogen-bond acceptors (Lipinski definition) is 3. The van der Waals surface area contributed by atoms with E-state index in [9.17, 15) is 9.59 Å². The van der Waals surface area contributed by atoms with Gasteiger partial charge in [-0.1, -0.05) is 71.1 Å². The van der Waals surface area contributed by atoms with Gasteiger partial charge in [-0.2, -0.15) is 0 Å². The number of ketones is 2. The Labute approximate surface area is 176 Å². The Bertz CT molecular complexity index is 801.